The summed E-state index contributed by atoms with van der Waals surface area (Å²) in [6.45, 7) is 7.46. The van der Waals surface area contributed by atoms with E-state index in [1.54, 1.807) is 18.5 Å². The van der Waals surface area contributed by atoms with E-state index in [0.717, 1.165) is 44.6 Å². The fourth-order valence-electron chi connectivity index (χ4n) is 2.56. The number of nitrogens with one attached hydrogen (secondary N) is 1. The molecule has 0 radical (unpaired) electrons. The van der Waals surface area contributed by atoms with E-state index in [9.17, 15) is 4.39 Å². The molecule has 124 valence electrons. The first-order chi connectivity index (χ1) is 11.2. The molecular formula is C19H26FN3. The van der Waals surface area contributed by atoms with E-state index in [1.165, 1.54) is 5.56 Å². The number of pyridine rings is 1. The lowest BCUT2D eigenvalue weighted by Gasteiger charge is -2.24. The lowest BCUT2D eigenvalue weighted by molar-refractivity contribution is 0.611. The fraction of sp³-hybridized carbons (Fsp3) is 0.421. The van der Waals surface area contributed by atoms with Crippen LogP contribution in [-0.4, -0.2) is 18.1 Å². The van der Waals surface area contributed by atoms with Crippen molar-refractivity contribution in [2.45, 2.75) is 39.8 Å². The average molecular weight is 315 g/mol. The van der Waals surface area contributed by atoms with Crippen molar-refractivity contribution < 1.29 is 4.39 Å². The molecule has 0 spiro atoms. The second kappa shape index (κ2) is 9.26. The Labute approximate surface area is 138 Å². The van der Waals surface area contributed by atoms with Crippen molar-refractivity contribution >= 4 is 5.69 Å². The highest BCUT2D eigenvalue weighted by Crippen LogP contribution is 2.21. The second-order valence-electron chi connectivity index (χ2n) is 5.68. The fourth-order valence-corrected chi connectivity index (χ4v) is 2.56. The monoisotopic (exact) mass is 315 g/mol. The van der Waals surface area contributed by atoms with Crippen LogP contribution in [0.15, 0.2) is 42.7 Å². The first-order valence-electron chi connectivity index (χ1n) is 8.37. The van der Waals surface area contributed by atoms with E-state index in [4.69, 9.17) is 0 Å². The molecule has 1 heterocycles. The van der Waals surface area contributed by atoms with Crippen LogP contribution in [0, 0.1) is 5.82 Å². The van der Waals surface area contributed by atoms with Crippen LogP contribution in [0.25, 0.3) is 0 Å². The summed E-state index contributed by atoms with van der Waals surface area (Å²) in [5, 5.41) is 3.40. The van der Waals surface area contributed by atoms with E-state index in [0.29, 0.717) is 5.69 Å². The van der Waals surface area contributed by atoms with Crippen LogP contribution >= 0.6 is 0 Å². The summed E-state index contributed by atoms with van der Waals surface area (Å²) in [6.07, 6.45) is 5.78. The number of halogens is 1. The number of benzene rings is 1. The highest BCUT2D eigenvalue weighted by Gasteiger charge is 2.10. The minimum atomic E-state index is -0.138. The third kappa shape index (κ3) is 5.32. The van der Waals surface area contributed by atoms with Crippen LogP contribution in [0.4, 0.5) is 10.1 Å². The van der Waals surface area contributed by atoms with Crippen molar-refractivity contribution in [2.24, 2.45) is 0 Å². The summed E-state index contributed by atoms with van der Waals surface area (Å²) >= 11 is 0. The van der Waals surface area contributed by atoms with Crippen molar-refractivity contribution in [1.29, 1.82) is 0 Å². The van der Waals surface area contributed by atoms with Gasteiger partial charge in [-0.3, -0.25) is 4.98 Å². The van der Waals surface area contributed by atoms with Gasteiger partial charge in [-0.15, -0.1) is 0 Å². The maximum Gasteiger partial charge on any atom is 0.146 e. The van der Waals surface area contributed by atoms with Crippen molar-refractivity contribution in [1.82, 2.24) is 10.3 Å². The molecule has 0 saturated carbocycles. The first-order valence-corrected chi connectivity index (χ1v) is 8.37. The zero-order valence-electron chi connectivity index (χ0n) is 14.1. The van der Waals surface area contributed by atoms with Gasteiger partial charge in [-0.05, 0) is 48.7 Å². The molecule has 0 bridgehead atoms. The topological polar surface area (TPSA) is 28.2 Å². The standard InChI is InChI=1S/C19H26FN3/c1-3-5-12-23(4-2)19-13-17(6-7-18(19)20)15-22-14-16-8-10-21-11-9-16/h6-11,13,22H,3-5,12,14-15H2,1-2H3. The van der Waals surface area contributed by atoms with Crippen LogP contribution in [0.5, 0.6) is 0 Å². The van der Waals surface area contributed by atoms with Crippen molar-refractivity contribution in [3.8, 4) is 0 Å². The lowest BCUT2D eigenvalue weighted by atomic mass is 10.1. The van der Waals surface area contributed by atoms with Crippen LogP contribution in [-0.2, 0) is 13.1 Å². The van der Waals surface area contributed by atoms with Gasteiger partial charge in [-0.1, -0.05) is 19.4 Å². The minimum Gasteiger partial charge on any atom is -0.369 e. The molecule has 2 aromatic rings. The molecule has 1 aromatic heterocycles. The maximum atomic E-state index is 14.2. The molecule has 0 saturated heterocycles. The Morgan fingerprint density at radius 1 is 1.04 bits per heavy atom. The van der Waals surface area contributed by atoms with Gasteiger partial charge in [0.1, 0.15) is 5.82 Å². The van der Waals surface area contributed by atoms with Crippen molar-refractivity contribution in [3.05, 3.63) is 59.7 Å². The van der Waals surface area contributed by atoms with Gasteiger partial charge >= 0.3 is 0 Å². The molecule has 1 N–H and O–H groups in total. The highest BCUT2D eigenvalue weighted by molar-refractivity contribution is 5.50. The highest BCUT2D eigenvalue weighted by atomic mass is 19.1. The van der Waals surface area contributed by atoms with Crippen LogP contribution in [0.3, 0.4) is 0 Å². The molecule has 0 amide bonds. The summed E-state index contributed by atoms with van der Waals surface area (Å²) < 4.78 is 14.2. The second-order valence-corrected chi connectivity index (χ2v) is 5.68. The first kappa shape index (κ1) is 17.4. The zero-order valence-corrected chi connectivity index (χ0v) is 14.1. The van der Waals surface area contributed by atoms with Gasteiger partial charge in [-0.2, -0.15) is 0 Å². The van der Waals surface area contributed by atoms with Gasteiger partial charge in [0.15, 0.2) is 0 Å². The summed E-state index contributed by atoms with van der Waals surface area (Å²) in [4.78, 5) is 6.13. The largest absolute Gasteiger partial charge is 0.369 e. The molecule has 0 atom stereocenters. The summed E-state index contributed by atoms with van der Waals surface area (Å²) in [5.74, 6) is -0.138. The van der Waals surface area contributed by atoms with Gasteiger partial charge in [0.05, 0.1) is 5.69 Å². The summed E-state index contributed by atoms with van der Waals surface area (Å²) in [5.41, 5.74) is 3.01. The Bertz CT molecular complexity index is 586. The van der Waals surface area contributed by atoms with E-state index in [-0.39, 0.29) is 5.82 Å². The molecule has 0 aliphatic rings. The molecule has 4 heteroatoms. The van der Waals surface area contributed by atoms with Crippen molar-refractivity contribution in [3.63, 3.8) is 0 Å². The maximum absolute atomic E-state index is 14.2. The Kier molecular flexibility index (Phi) is 7.01. The molecule has 2 rings (SSSR count). The van der Waals surface area contributed by atoms with Crippen molar-refractivity contribution in [2.75, 3.05) is 18.0 Å². The quantitative estimate of drug-likeness (QED) is 0.754. The van der Waals surface area contributed by atoms with Gasteiger partial charge in [-0.25, -0.2) is 4.39 Å². The summed E-state index contributed by atoms with van der Waals surface area (Å²) in [7, 11) is 0. The van der Waals surface area contributed by atoms with Crippen LogP contribution < -0.4 is 10.2 Å². The minimum absolute atomic E-state index is 0.138. The number of anilines is 1. The third-order valence-corrected chi connectivity index (χ3v) is 3.92. The number of hydrogen-bond donors (Lipinski definition) is 1. The van der Waals surface area contributed by atoms with Crippen LogP contribution in [0.1, 0.15) is 37.8 Å². The van der Waals surface area contributed by atoms with Gasteiger partial charge < -0.3 is 10.2 Å². The molecule has 0 aliphatic heterocycles. The normalized spacial score (nSPS) is 10.7. The Balaban J connectivity index is 1.98. The van der Waals surface area contributed by atoms with E-state index in [1.807, 2.05) is 24.3 Å². The summed E-state index contributed by atoms with van der Waals surface area (Å²) in [6, 6.07) is 9.38. The molecule has 0 unspecified atom stereocenters. The smallest absolute Gasteiger partial charge is 0.146 e. The molecule has 3 nitrogen and oxygen atoms in total. The number of aromatic nitrogens is 1. The van der Waals surface area contributed by atoms with E-state index in [2.05, 4.69) is 29.0 Å². The Morgan fingerprint density at radius 3 is 2.48 bits per heavy atom. The molecule has 23 heavy (non-hydrogen) atoms. The molecule has 0 aliphatic carbocycles. The van der Waals surface area contributed by atoms with Gasteiger partial charge in [0.25, 0.3) is 0 Å². The molecule has 1 aromatic carbocycles. The zero-order chi connectivity index (χ0) is 16.5. The lowest BCUT2D eigenvalue weighted by Crippen LogP contribution is -2.25. The number of rotatable bonds is 9. The van der Waals surface area contributed by atoms with Crippen LogP contribution in [0.2, 0.25) is 0 Å². The molecule has 0 fully saturated rings. The van der Waals surface area contributed by atoms with Gasteiger partial charge in [0.2, 0.25) is 0 Å². The Hall–Kier alpha value is -1.94. The predicted octanol–water partition coefficient (Wildman–Crippen LogP) is 4.14. The predicted molar refractivity (Wildman–Crippen MR) is 94.0 cm³/mol. The Morgan fingerprint density at radius 2 is 1.78 bits per heavy atom. The average Bonchev–Trinajstić information content (AvgIpc) is 2.59. The number of unbranched alkanes of at least 4 members (excludes halogenated alkanes) is 1. The molecular weight excluding hydrogens is 289 g/mol. The SMILES string of the molecule is CCCCN(CC)c1cc(CNCc2ccncc2)ccc1F. The van der Waals surface area contributed by atoms with Gasteiger partial charge in [0, 0.05) is 38.6 Å². The van der Waals surface area contributed by atoms with E-state index >= 15 is 0 Å². The third-order valence-electron chi connectivity index (χ3n) is 3.92. The number of hydrogen-bond acceptors (Lipinski definition) is 3. The van der Waals surface area contributed by atoms with E-state index < -0.39 is 0 Å². The number of nitrogens with zero attached hydrogens (tertiary/aromatic N) is 2.